The molecule has 0 aliphatic carbocycles. The lowest BCUT2D eigenvalue weighted by atomic mass is 9.65. The molecule has 3 aromatic rings. The molecule has 0 saturated carbocycles. The number of piperidine rings is 1. The number of ether oxygens (including phenoxy) is 3. The van der Waals surface area contributed by atoms with Gasteiger partial charge in [-0.15, -0.1) is 11.3 Å². The van der Waals surface area contributed by atoms with Gasteiger partial charge in [-0.25, -0.2) is 0 Å². The van der Waals surface area contributed by atoms with Crippen molar-refractivity contribution in [1.82, 2.24) is 9.80 Å². The van der Waals surface area contributed by atoms with Gasteiger partial charge < -0.3 is 24.8 Å². The summed E-state index contributed by atoms with van der Waals surface area (Å²) in [7, 11) is 4.61. The molecule has 4 unspecified atom stereocenters. The van der Waals surface area contributed by atoms with E-state index in [4.69, 9.17) is 43.1 Å². The zero-order valence-corrected chi connectivity index (χ0v) is 27.1. The van der Waals surface area contributed by atoms with Gasteiger partial charge in [0.1, 0.15) is 0 Å². The first kappa shape index (κ1) is 31.4. The molecule has 2 aliphatic heterocycles. The van der Waals surface area contributed by atoms with Crippen LogP contribution in [0.25, 0.3) is 0 Å². The quantitative estimate of drug-likeness (QED) is 0.314. The van der Waals surface area contributed by atoms with Crippen molar-refractivity contribution < 1.29 is 23.8 Å². The zero-order valence-electron chi connectivity index (χ0n) is 24.8. The molecule has 2 amide bonds. The fraction of sp³-hybridized carbons (Fsp3) is 0.438. The monoisotopic (exact) mass is 645 g/mol. The highest BCUT2D eigenvalue weighted by atomic mass is 35.5. The van der Waals surface area contributed by atoms with Crippen molar-refractivity contribution in [1.29, 1.82) is 0 Å². The maximum absolute atomic E-state index is 13.6. The van der Waals surface area contributed by atoms with Crippen LogP contribution in [-0.2, 0) is 10.2 Å². The second-order valence-electron chi connectivity index (χ2n) is 11.2. The lowest BCUT2D eigenvalue weighted by Gasteiger charge is -2.48. The number of hydrogen-bond acceptors (Lipinski definition) is 7. The van der Waals surface area contributed by atoms with Gasteiger partial charge in [0.05, 0.1) is 36.8 Å². The molecular formula is C32H37Cl2N3O5S. The molecule has 2 saturated heterocycles. The number of hydrogen-bond donors (Lipinski definition) is 1. The van der Waals surface area contributed by atoms with Crippen LogP contribution < -0.4 is 19.9 Å². The predicted octanol–water partition coefficient (Wildman–Crippen LogP) is 5.84. The SMILES string of the molecule is COc1cc(C(=O)N2CCC(C(C)N3CCC(C(N)=O)(c4cccs4)C(c4ccc(Cl)c(Cl)c4)C3)C2)cc(OC)c1OC. The van der Waals surface area contributed by atoms with E-state index in [1.165, 1.54) is 21.3 Å². The first-order chi connectivity index (χ1) is 20.6. The fourth-order valence-electron chi connectivity index (χ4n) is 6.76. The summed E-state index contributed by atoms with van der Waals surface area (Å²) in [4.78, 5) is 32.2. The summed E-state index contributed by atoms with van der Waals surface area (Å²) < 4.78 is 16.3. The highest BCUT2D eigenvalue weighted by Crippen LogP contribution is 2.49. The van der Waals surface area contributed by atoms with Crippen molar-refractivity contribution in [2.75, 3.05) is 47.5 Å². The number of carbonyl (C=O) groups is 2. The predicted molar refractivity (Wildman–Crippen MR) is 170 cm³/mol. The summed E-state index contributed by atoms with van der Waals surface area (Å²) in [5, 5.41) is 2.90. The van der Waals surface area contributed by atoms with E-state index in [0.717, 1.165) is 16.9 Å². The van der Waals surface area contributed by atoms with E-state index in [9.17, 15) is 9.59 Å². The zero-order chi connectivity index (χ0) is 30.9. The lowest BCUT2D eigenvalue weighted by molar-refractivity contribution is -0.126. The van der Waals surface area contributed by atoms with Crippen molar-refractivity contribution in [2.45, 2.75) is 37.1 Å². The third kappa shape index (κ3) is 5.80. The Morgan fingerprint density at radius 1 is 1.00 bits per heavy atom. The van der Waals surface area contributed by atoms with Crippen LogP contribution in [0.3, 0.4) is 0 Å². The van der Waals surface area contributed by atoms with Crippen LogP contribution in [-0.4, -0.2) is 75.2 Å². The third-order valence-corrected chi connectivity index (χ3v) is 11.0. The van der Waals surface area contributed by atoms with Gasteiger partial charge in [-0.3, -0.25) is 14.5 Å². The van der Waals surface area contributed by atoms with Gasteiger partial charge in [-0.1, -0.05) is 35.3 Å². The van der Waals surface area contributed by atoms with Gasteiger partial charge in [0.2, 0.25) is 11.7 Å². The second kappa shape index (κ2) is 12.9. The minimum Gasteiger partial charge on any atom is -0.493 e. The maximum Gasteiger partial charge on any atom is 0.254 e. The average molecular weight is 647 g/mol. The number of benzene rings is 2. The molecule has 11 heteroatoms. The van der Waals surface area contributed by atoms with Crippen molar-refractivity contribution in [2.24, 2.45) is 11.7 Å². The standard InChI is InChI=1S/C32H37Cl2N3O5S/c1-19(21-9-11-37(17-21)30(38)22-15-26(40-2)29(42-4)27(16-22)41-3)36-12-10-32(31(35)39,28-6-5-13-43-28)23(18-36)20-7-8-24(33)25(34)14-20/h5-8,13-16,19,21,23H,9-12,17-18H2,1-4H3,(H2,35,39). The minimum absolute atomic E-state index is 0.0771. The number of halogens is 2. The highest BCUT2D eigenvalue weighted by Gasteiger charge is 2.51. The first-order valence-corrected chi connectivity index (χ1v) is 15.9. The molecule has 0 radical (unpaired) electrons. The molecule has 3 heterocycles. The van der Waals surface area contributed by atoms with Crippen LogP contribution in [0.15, 0.2) is 47.8 Å². The Morgan fingerprint density at radius 3 is 2.30 bits per heavy atom. The second-order valence-corrected chi connectivity index (χ2v) is 13.0. The summed E-state index contributed by atoms with van der Waals surface area (Å²) in [6.45, 7) is 4.81. The number of rotatable bonds is 9. The normalized spacial score (nSPS) is 23.2. The number of thiophene rings is 1. The van der Waals surface area contributed by atoms with Crippen molar-refractivity contribution in [3.05, 3.63) is 73.9 Å². The Hall–Kier alpha value is -2.98. The molecule has 2 N–H and O–H groups in total. The number of nitrogens with two attached hydrogens (primary N) is 1. The smallest absolute Gasteiger partial charge is 0.254 e. The highest BCUT2D eigenvalue weighted by molar-refractivity contribution is 7.10. The van der Waals surface area contributed by atoms with Gasteiger partial charge in [0, 0.05) is 42.0 Å². The van der Waals surface area contributed by atoms with E-state index in [1.54, 1.807) is 29.5 Å². The molecule has 0 bridgehead atoms. The Kier molecular flexibility index (Phi) is 9.46. The fourth-order valence-corrected chi connectivity index (χ4v) is 8.08. The van der Waals surface area contributed by atoms with Gasteiger partial charge in [0.15, 0.2) is 11.5 Å². The van der Waals surface area contributed by atoms with Crippen LogP contribution in [0.5, 0.6) is 17.2 Å². The van der Waals surface area contributed by atoms with Gasteiger partial charge in [-0.2, -0.15) is 0 Å². The summed E-state index contributed by atoms with van der Waals surface area (Å²) in [6, 6.07) is 13.1. The number of nitrogens with zero attached hydrogens (tertiary/aromatic N) is 2. The summed E-state index contributed by atoms with van der Waals surface area (Å²) in [5.74, 6) is 0.967. The summed E-state index contributed by atoms with van der Waals surface area (Å²) in [5.41, 5.74) is 6.79. The molecule has 2 aromatic carbocycles. The minimum atomic E-state index is -0.855. The van der Waals surface area contributed by atoms with Gasteiger partial charge in [0.25, 0.3) is 5.91 Å². The molecule has 2 aliphatic rings. The molecule has 4 atom stereocenters. The van der Waals surface area contributed by atoms with Crippen molar-refractivity contribution in [3.63, 3.8) is 0 Å². The van der Waals surface area contributed by atoms with Crippen molar-refractivity contribution >= 4 is 46.4 Å². The maximum atomic E-state index is 13.6. The molecule has 1 aromatic heterocycles. The number of carbonyl (C=O) groups excluding carboxylic acids is 2. The van der Waals surface area contributed by atoms with Crippen LogP contribution in [0.1, 0.15) is 46.5 Å². The molecule has 230 valence electrons. The summed E-state index contributed by atoms with van der Waals surface area (Å²) >= 11 is 14.3. The average Bonchev–Trinajstić information content (AvgIpc) is 3.74. The number of likely N-dealkylation sites (tertiary alicyclic amines) is 2. The molecule has 5 rings (SSSR count). The van der Waals surface area contributed by atoms with E-state index >= 15 is 0 Å². The Bertz CT molecular complexity index is 1460. The van der Waals surface area contributed by atoms with Crippen molar-refractivity contribution in [3.8, 4) is 17.2 Å². The van der Waals surface area contributed by atoms with Crippen LogP contribution in [0.4, 0.5) is 0 Å². The number of primary amides is 1. The number of amides is 2. The lowest BCUT2D eigenvalue weighted by Crippen LogP contribution is -2.57. The molecule has 8 nitrogen and oxygen atoms in total. The van der Waals surface area contributed by atoms with E-state index in [1.807, 2.05) is 34.5 Å². The van der Waals surface area contributed by atoms with Gasteiger partial charge >= 0.3 is 0 Å². The van der Waals surface area contributed by atoms with E-state index < -0.39 is 5.41 Å². The van der Waals surface area contributed by atoms with Crippen LogP contribution in [0, 0.1) is 5.92 Å². The molecule has 43 heavy (non-hydrogen) atoms. The van der Waals surface area contributed by atoms with E-state index in [-0.39, 0.29) is 29.7 Å². The molecular weight excluding hydrogens is 609 g/mol. The Morgan fingerprint density at radius 2 is 1.72 bits per heavy atom. The summed E-state index contributed by atoms with van der Waals surface area (Å²) in [6.07, 6.45) is 1.45. The Labute approximate surface area is 266 Å². The largest absolute Gasteiger partial charge is 0.493 e. The third-order valence-electron chi connectivity index (χ3n) is 9.23. The molecule has 2 fully saturated rings. The topological polar surface area (TPSA) is 94.3 Å². The van der Waals surface area contributed by atoms with Crippen LogP contribution in [0.2, 0.25) is 10.0 Å². The number of methoxy groups -OCH3 is 3. The Balaban J connectivity index is 1.38. The van der Waals surface area contributed by atoms with Gasteiger partial charge in [-0.05, 0) is 73.5 Å². The van der Waals surface area contributed by atoms with E-state index in [2.05, 4.69) is 11.8 Å². The first-order valence-electron chi connectivity index (χ1n) is 14.3. The molecule has 0 spiro atoms. The van der Waals surface area contributed by atoms with Crippen LogP contribution >= 0.6 is 34.5 Å². The van der Waals surface area contributed by atoms with E-state index in [0.29, 0.717) is 65.5 Å².